The Morgan fingerprint density at radius 1 is 1.00 bits per heavy atom. The van der Waals surface area contributed by atoms with Crippen LogP contribution in [0.2, 0.25) is 0 Å². The quantitative estimate of drug-likeness (QED) is 0.857. The lowest BCUT2D eigenvalue weighted by atomic mass is 9.75. The van der Waals surface area contributed by atoms with Gasteiger partial charge in [-0.1, -0.05) is 29.8 Å². The number of hydrogen-bond acceptors (Lipinski definition) is 3. The van der Waals surface area contributed by atoms with Gasteiger partial charge in [0.05, 0.1) is 13.2 Å². The van der Waals surface area contributed by atoms with Crippen LogP contribution in [-0.4, -0.2) is 54.7 Å². The zero-order valence-corrected chi connectivity index (χ0v) is 17.2. The highest BCUT2D eigenvalue weighted by atomic mass is 16.5. The van der Waals surface area contributed by atoms with Crippen molar-refractivity contribution in [3.8, 4) is 5.75 Å². The standard InChI is InChI=1S/C24H29N3O2/c1-16-3-7-19(8-4-16)25-24(28)27-15-21(17-5-9-20(29-2)10-6-17)23-22(27)18-11-13-26(23)14-12-18/h3-10,18,21-23H,11-15H2,1-2H3,(H,25,28)/t21-,22+,23+/m1/s1. The van der Waals surface area contributed by atoms with Gasteiger partial charge in [0.2, 0.25) is 0 Å². The molecule has 4 saturated heterocycles. The van der Waals surface area contributed by atoms with Crippen LogP contribution in [-0.2, 0) is 0 Å². The van der Waals surface area contributed by atoms with Crippen LogP contribution in [0.15, 0.2) is 48.5 Å². The number of aryl methyl sites for hydroxylation is 1. The van der Waals surface area contributed by atoms with E-state index in [1.165, 1.54) is 24.0 Å². The number of nitrogens with zero attached hydrogens (tertiary/aromatic N) is 2. The highest BCUT2D eigenvalue weighted by Crippen LogP contribution is 2.46. The molecule has 1 N–H and O–H groups in total. The molecular formula is C24H29N3O2. The summed E-state index contributed by atoms with van der Waals surface area (Å²) in [5.74, 6) is 1.83. The van der Waals surface area contributed by atoms with Crippen molar-refractivity contribution in [1.82, 2.24) is 9.80 Å². The summed E-state index contributed by atoms with van der Waals surface area (Å²) in [4.78, 5) is 18.0. The lowest BCUT2D eigenvalue weighted by Gasteiger charge is -2.51. The third-order valence-electron chi connectivity index (χ3n) is 7.10. The number of carbonyl (C=O) groups excluding carboxylic acids is 1. The van der Waals surface area contributed by atoms with Crippen molar-refractivity contribution in [3.05, 3.63) is 59.7 Å². The van der Waals surface area contributed by atoms with Crippen LogP contribution in [0, 0.1) is 12.8 Å². The van der Waals surface area contributed by atoms with Crippen LogP contribution in [0.5, 0.6) is 5.75 Å². The molecule has 4 heterocycles. The normalized spacial score (nSPS) is 30.1. The molecule has 4 fully saturated rings. The fraction of sp³-hybridized carbons (Fsp3) is 0.458. The third-order valence-corrected chi connectivity index (χ3v) is 7.10. The monoisotopic (exact) mass is 391 g/mol. The van der Waals surface area contributed by atoms with Gasteiger partial charge in [0.15, 0.2) is 0 Å². The molecule has 0 aliphatic carbocycles. The minimum atomic E-state index is 0.0358. The fourth-order valence-electron chi connectivity index (χ4n) is 5.63. The van der Waals surface area contributed by atoms with Crippen molar-refractivity contribution in [2.45, 2.75) is 37.8 Å². The van der Waals surface area contributed by atoms with Gasteiger partial charge in [0.25, 0.3) is 0 Å². The van der Waals surface area contributed by atoms with Crippen LogP contribution in [0.25, 0.3) is 0 Å². The average molecular weight is 392 g/mol. The number of amides is 2. The van der Waals surface area contributed by atoms with Crippen molar-refractivity contribution in [1.29, 1.82) is 0 Å². The van der Waals surface area contributed by atoms with E-state index in [2.05, 4.69) is 34.2 Å². The van der Waals surface area contributed by atoms with Crippen molar-refractivity contribution < 1.29 is 9.53 Å². The lowest BCUT2D eigenvalue weighted by molar-refractivity contribution is 0.00494. The largest absolute Gasteiger partial charge is 0.497 e. The van der Waals surface area contributed by atoms with Crippen molar-refractivity contribution in [2.24, 2.45) is 5.92 Å². The highest BCUT2D eigenvalue weighted by molar-refractivity contribution is 5.90. The topological polar surface area (TPSA) is 44.8 Å². The molecule has 4 aliphatic rings. The van der Waals surface area contributed by atoms with E-state index in [0.29, 0.717) is 23.9 Å². The number of urea groups is 1. The Kier molecular flexibility index (Phi) is 4.70. The Balaban J connectivity index is 1.42. The Hall–Kier alpha value is -2.53. The molecule has 5 nitrogen and oxygen atoms in total. The maximum atomic E-state index is 13.3. The molecule has 5 heteroatoms. The van der Waals surface area contributed by atoms with Crippen LogP contribution in [0.1, 0.15) is 29.9 Å². The first-order chi connectivity index (χ1) is 14.1. The third kappa shape index (κ3) is 3.27. The number of rotatable bonds is 3. The SMILES string of the molecule is COc1ccc([C@H]2CN(C(=O)Nc3ccc(C)cc3)[C@H]3C4CCN(CC4)[C@@H]23)cc1. The number of hydrogen-bond donors (Lipinski definition) is 1. The van der Waals surface area contributed by atoms with Crippen LogP contribution < -0.4 is 10.1 Å². The number of anilines is 1. The van der Waals surface area contributed by atoms with E-state index in [-0.39, 0.29) is 6.03 Å². The minimum absolute atomic E-state index is 0.0358. The summed E-state index contributed by atoms with van der Waals surface area (Å²) in [6.45, 7) is 5.15. The Labute approximate surface area is 172 Å². The minimum Gasteiger partial charge on any atom is -0.497 e. The van der Waals surface area contributed by atoms with Gasteiger partial charge in [-0.25, -0.2) is 4.79 Å². The molecule has 0 saturated carbocycles. The van der Waals surface area contributed by atoms with E-state index in [1.807, 2.05) is 36.4 Å². The molecule has 0 radical (unpaired) electrons. The molecule has 0 aromatic heterocycles. The smallest absolute Gasteiger partial charge is 0.322 e. The summed E-state index contributed by atoms with van der Waals surface area (Å²) < 4.78 is 5.34. The van der Waals surface area contributed by atoms with Crippen LogP contribution in [0.4, 0.5) is 10.5 Å². The predicted molar refractivity (Wildman–Crippen MR) is 115 cm³/mol. The molecule has 2 aromatic rings. The predicted octanol–water partition coefficient (Wildman–Crippen LogP) is 4.10. The molecule has 0 spiro atoms. The lowest BCUT2D eigenvalue weighted by Crippen LogP contribution is -2.61. The second-order valence-electron chi connectivity index (χ2n) is 8.68. The number of benzene rings is 2. The van der Waals surface area contributed by atoms with Gasteiger partial charge in [0, 0.05) is 24.2 Å². The Bertz CT molecular complexity index is 872. The molecule has 29 heavy (non-hydrogen) atoms. The summed E-state index contributed by atoms with van der Waals surface area (Å²) in [6.07, 6.45) is 2.40. The van der Waals surface area contributed by atoms with Gasteiger partial charge in [-0.15, -0.1) is 0 Å². The Morgan fingerprint density at radius 3 is 2.34 bits per heavy atom. The fourth-order valence-corrected chi connectivity index (χ4v) is 5.63. The number of piperidine rings is 3. The molecule has 2 aromatic carbocycles. The van der Waals surface area contributed by atoms with Crippen molar-refractivity contribution in [3.63, 3.8) is 0 Å². The first-order valence-electron chi connectivity index (χ1n) is 10.7. The molecule has 3 atom stereocenters. The first-order valence-corrected chi connectivity index (χ1v) is 10.7. The number of carbonyl (C=O) groups is 1. The summed E-state index contributed by atoms with van der Waals surface area (Å²) in [5, 5.41) is 3.14. The van der Waals surface area contributed by atoms with Gasteiger partial charge < -0.3 is 15.0 Å². The number of methoxy groups -OCH3 is 1. The molecule has 4 aliphatic heterocycles. The van der Waals surface area contributed by atoms with Gasteiger partial charge >= 0.3 is 6.03 Å². The number of likely N-dealkylation sites (tertiary alicyclic amines) is 1. The van der Waals surface area contributed by atoms with E-state index in [9.17, 15) is 4.79 Å². The molecule has 2 amide bonds. The van der Waals surface area contributed by atoms with Gasteiger partial charge in [-0.05, 0) is 68.6 Å². The van der Waals surface area contributed by atoms with E-state index in [0.717, 1.165) is 31.1 Å². The summed E-state index contributed by atoms with van der Waals surface area (Å²) in [6, 6.07) is 17.2. The second kappa shape index (κ2) is 7.38. The van der Waals surface area contributed by atoms with E-state index >= 15 is 0 Å². The van der Waals surface area contributed by atoms with Crippen molar-refractivity contribution in [2.75, 3.05) is 32.1 Å². The number of nitrogens with one attached hydrogen (secondary N) is 1. The Morgan fingerprint density at radius 2 is 1.69 bits per heavy atom. The first kappa shape index (κ1) is 18.5. The molecule has 152 valence electrons. The maximum Gasteiger partial charge on any atom is 0.322 e. The van der Waals surface area contributed by atoms with Crippen LogP contribution >= 0.6 is 0 Å². The van der Waals surface area contributed by atoms with E-state index in [4.69, 9.17) is 4.74 Å². The van der Waals surface area contributed by atoms with E-state index < -0.39 is 0 Å². The van der Waals surface area contributed by atoms with Gasteiger partial charge in [0.1, 0.15) is 5.75 Å². The number of fused-ring (bicyclic) bond motifs is 2. The second-order valence-corrected chi connectivity index (χ2v) is 8.68. The molecule has 2 bridgehead atoms. The van der Waals surface area contributed by atoms with Gasteiger partial charge in [-0.3, -0.25) is 4.90 Å². The van der Waals surface area contributed by atoms with Crippen LogP contribution in [0.3, 0.4) is 0 Å². The molecular weight excluding hydrogens is 362 g/mol. The maximum absolute atomic E-state index is 13.3. The van der Waals surface area contributed by atoms with E-state index in [1.54, 1.807) is 7.11 Å². The molecule has 0 unspecified atom stereocenters. The highest BCUT2D eigenvalue weighted by Gasteiger charge is 2.54. The zero-order chi connectivity index (χ0) is 20.0. The molecule has 6 rings (SSSR count). The summed E-state index contributed by atoms with van der Waals surface area (Å²) >= 11 is 0. The zero-order valence-electron chi connectivity index (χ0n) is 17.2. The van der Waals surface area contributed by atoms with Gasteiger partial charge in [-0.2, -0.15) is 0 Å². The summed E-state index contributed by atoms with van der Waals surface area (Å²) in [5.41, 5.74) is 3.37. The van der Waals surface area contributed by atoms with Crippen molar-refractivity contribution >= 4 is 11.7 Å². The average Bonchev–Trinajstić information content (AvgIpc) is 3.19. The summed E-state index contributed by atoms with van der Waals surface area (Å²) in [7, 11) is 1.70. The number of ether oxygens (including phenoxy) is 1.